The second-order valence-corrected chi connectivity index (χ2v) is 9.89. The van der Waals surface area contributed by atoms with Gasteiger partial charge in [0.1, 0.15) is 0 Å². The number of anilines is 1. The number of nitrogens with zero attached hydrogens (tertiary/aromatic N) is 3. The topological polar surface area (TPSA) is 67.3 Å². The van der Waals surface area contributed by atoms with Gasteiger partial charge in [0.2, 0.25) is 11.0 Å². The van der Waals surface area contributed by atoms with E-state index in [-0.39, 0.29) is 12.0 Å². The molecule has 156 valence electrons. The average molecular weight is 433 g/mol. The predicted octanol–water partition coefficient (Wildman–Crippen LogP) is 3.70. The first-order valence-electron chi connectivity index (χ1n) is 10.4. The number of benzene rings is 1. The minimum Gasteiger partial charge on any atom is -0.376 e. The highest BCUT2D eigenvalue weighted by Gasteiger charge is 2.23. The van der Waals surface area contributed by atoms with Gasteiger partial charge in [-0.25, -0.2) is 0 Å². The molecule has 0 spiro atoms. The van der Waals surface area contributed by atoms with Gasteiger partial charge in [0, 0.05) is 26.2 Å². The average Bonchev–Trinajstić information content (AvgIpc) is 3.44. The first-order valence-corrected chi connectivity index (χ1v) is 12.2. The molecule has 1 atom stereocenters. The molecule has 1 aromatic carbocycles. The molecule has 2 aliphatic rings. The summed E-state index contributed by atoms with van der Waals surface area (Å²) in [4.78, 5) is 14.6. The maximum absolute atomic E-state index is 12.6. The summed E-state index contributed by atoms with van der Waals surface area (Å²) in [6, 6.07) is 10.6. The fourth-order valence-electron chi connectivity index (χ4n) is 3.89. The molecule has 0 saturated carbocycles. The zero-order valence-electron chi connectivity index (χ0n) is 16.6. The number of hydrogen-bond acceptors (Lipinski definition) is 7. The van der Waals surface area contributed by atoms with E-state index >= 15 is 0 Å². The van der Waals surface area contributed by atoms with Crippen molar-refractivity contribution >= 4 is 34.1 Å². The fourth-order valence-corrected chi connectivity index (χ4v) is 5.56. The lowest BCUT2D eigenvalue weighted by Crippen LogP contribution is -2.39. The maximum atomic E-state index is 12.6. The molecule has 2 saturated heterocycles. The molecular formula is C21H28N4O2S2. The minimum atomic E-state index is 0.206. The van der Waals surface area contributed by atoms with Crippen molar-refractivity contribution in [1.82, 2.24) is 15.1 Å². The van der Waals surface area contributed by atoms with Crippen LogP contribution in [0.2, 0.25) is 0 Å². The molecule has 0 bridgehead atoms. The van der Waals surface area contributed by atoms with Gasteiger partial charge in [-0.3, -0.25) is 4.79 Å². The summed E-state index contributed by atoms with van der Waals surface area (Å²) in [7, 11) is 0. The molecule has 0 radical (unpaired) electrons. The molecule has 4 rings (SSSR count). The number of hydrogen-bond donors (Lipinski definition) is 1. The summed E-state index contributed by atoms with van der Waals surface area (Å²) in [6.45, 7) is 3.35. The van der Waals surface area contributed by atoms with Crippen molar-refractivity contribution in [3.8, 4) is 0 Å². The Morgan fingerprint density at radius 2 is 2.03 bits per heavy atom. The van der Waals surface area contributed by atoms with E-state index in [9.17, 15) is 4.79 Å². The second-order valence-electron chi connectivity index (χ2n) is 7.69. The van der Waals surface area contributed by atoms with Crippen LogP contribution in [-0.4, -0.2) is 59.1 Å². The Bertz CT molecular complexity index is 772. The van der Waals surface area contributed by atoms with E-state index in [2.05, 4.69) is 45.8 Å². The van der Waals surface area contributed by atoms with Gasteiger partial charge in [-0.2, -0.15) is 0 Å². The number of thioether (sulfide) groups is 1. The Morgan fingerprint density at radius 1 is 1.21 bits per heavy atom. The third-order valence-corrected chi connectivity index (χ3v) is 7.56. The summed E-state index contributed by atoms with van der Waals surface area (Å²) < 4.78 is 6.45. The van der Waals surface area contributed by atoms with Crippen LogP contribution in [0.1, 0.15) is 31.2 Å². The van der Waals surface area contributed by atoms with E-state index in [0.29, 0.717) is 11.7 Å². The van der Waals surface area contributed by atoms with E-state index in [0.717, 1.165) is 67.8 Å². The molecule has 1 amide bonds. The van der Waals surface area contributed by atoms with Crippen molar-refractivity contribution in [1.29, 1.82) is 0 Å². The van der Waals surface area contributed by atoms with Crippen molar-refractivity contribution in [2.24, 2.45) is 5.92 Å². The Balaban J connectivity index is 1.16. The lowest BCUT2D eigenvalue weighted by Gasteiger charge is -2.32. The van der Waals surface area contributed by atoms with Crippen LogP contribution in [0.15, 0.2) is 34.7 Å². The summed E-state index contributed by atoms with van der Waals surface area (Å²) in [5, 5.41) is 12.5. The monoisotopic (exact) mass is 432 g/mol. The van der Waals surface area contributed by atoms with Gasteiger partial charge < -0.3 is 15.0 Å². The fraction of sp³-hybridized carbons (Fsp3) is 0.571. The number of amides is 1. The molecular weight excluding hydrogens is 404 g/mol. The Hall–Kier alpha value is -1.64. The number of carbonyl (C=O) groups is 1. The molecule has 0 aliphatic carbocycles. The molecule has 2 aliphatic heterocycles. The molecule has 2 fully saturated rings. The van der Waals surface area contributed by atoms with E-state index in [1.807, 2.05) is 4.90 Å². The number of rotatable bonds is 8. The summed E-state index contributed by atoms with van der Waals surface area (Å²) in [5.41, 5.74) is 1.40. The Kier molecular flexibility index (Phi) is 7.40. The van der Waals surface area contributed by atoms with E-state index in [1.54, 1.807) is 0 Å². The summed E-state index contributed by atoms with van der Waals surface area (Å²) in [6.07, 6.45) is 5.80. The highest BCUT2D eigenvalue weighted by molar-refractivity contribution is 8.01. The third kappa shape index (κ3) is 6.17. The minimum absolute atomic E-state index is 0.206. The molecule has 8 heteroatoms. The maximum Gasteiger partial charge on any atom is 0.233 e. The van der Waals surface area contributed by atoms with Gasteiger partial charge in [0.25, 0.3) is 0 Å². The van der Waals surface area contributed by atoms with Crippen LogP contribution in [-0.2, 0) is 16.0 Å². The van der Waals surface area contributed by atoms with Gasteiger partial charge in [-0.05, 0) is 43.6 Å². The second kappa shape index (κ2) is 10.4. The van der Waals surface area contributed by atoms with Crippen molar-refractivity contribution < 1.29 is 9.53 Å². The number of likely N-dealkylation sites (tertiary alicyclic amines) is 1. The largest absolute Gasteiger partial charge is 0.376 e. The number of ether oxygens (including phenoxy) is 1. The lowest BCUT2D eigenvalue weighted by atomic mass is 9.90. The van der Waals surface area contributed by atoms with Gasteiger partial charge >= 0.3 is 0 Å². The van der Waals surface area contributed by atoms with Crippen molar-refractivity contribution in [2.75, 3.05) is 37.3 Å². The smallest absolute Gasteiger partial charge is 0.233 e. The van der Waals surface area contributed by atoms with Crippen LogP contribution in [0.4, 0.5) is 5.13 Å². The molecule has 29 heavy (non-hydrogen) atoms. The number of carbonyl (C=O) groups excluding carboxylic acids is 1. The van der Waals surface area contributed by atoms with Crippen LogP contribution in [0, 0.1) is 5.92 Å². The number of nitrogens with one attached hydrogen (secondary N) is 1. The van der Waals surface area contributed by atoms with Gasteiger partial charge in [0.05, 0.1) is 11.9 Å². The Morgan fingerprint density at radius 3 is 2.79 bits per heavy atom. The van der Waals surface area contributed by atoms with Crippen LogP contribution in [0.3, 0.4) is 0 Å². The highest BCUT2D eigenvalue weighted by Crippen LogP contribution is 2.27. The molecule has 3 heterocycles. The van der Waals surface area contributed by atoms with E-state index < -0.39 is 0 Å². The van der Waals surface area contributed by atoms with Crippen LogP contribution in [0.5, 0.6) is 0 Å². The van der Waals surface area contributed by atoms with E-state index in [4.69, 9.17) is 4.74 Å². The van der Waals surface area contributed by atoms with Crippen LogP contribution in [0.25, 0.3) is 0 Å². The molecule has 0 unspecified atom stereocenters. The zero-order valence-corrected chi connectivity index (χ0v) is 18.2. The number of aromatic nitrogens is 2. The third-order valence-electron chi connectivity index (χ3n) is 5.56. The first-order chi connectivity index (χ1) is 14.3. The quantitative estimate of drug-likeness (QED) is 0.642. The summed E-state index contributed by atoms with van der Waals surface area (Å²) in [5.74, 6) is 1.32. The van der Waals surface area contributed by atoms with Crippen molar-refractivity contribution in [3.05, 3.63) is 35.9 Å². The first kappa shape index (κ1) is 20.6. The zero-order chi connectivity index (χ0) is 19.9. The van der Waals surface area contributed by atoms with Gasteiger partial charge in [-0.1, -0.05) is 53.4 Å². The van der Waals surface area contributed by atoms with Crippen molar-refractivity contribution in [3.63, 3.8) is 0 Å². The normalized spacial score (nSPS) is 20.1. The van der Waals surface area contributed by atoms with Crippen LogP contribution < -0.4 is 5.32 Å². The number of piperidine rings is 1. The standard InChI is InChI=1S/C21H28N4O2S2/c26-19(25-10-8-17(9-11-25)13-16-5-2-1-3-6-16)15-28-21-24-23-20(29-21)22-14-18-7-4-12-27-18/h1-3,5-6,17-18H,4,7-15H2,(H,22,23)/t18-/m0/s1. The van der Waals surface area contributed by atoms with Gasteiger partial charge in [-0.15, -0.1) is 10.2 Å². The van der Waals surface area contributed by atoms with Crippen molar-refractivity contribution in [2.45, 2.75) is 42.5 Å². The molecule has 1 N–H and O–H groups in total. The lowest BCUT2D eigenvalue weighted by molar-refractivity contribution is -0.129. The Labute approximate surface area is 180 Å². The SMILES string of the molecule is O=C(CSc1nnc(NC[C@@H]2CCCO2)s1)N1CCC(Cc2ccccc2)CC1. The molecule has 1 aromatic heterocycles. The van der Waals surface area contributed by atoms with Gasteiger partial charge in [0.15, 0.2) is 4.34 Å². The highest BCUT2D eigenvalue weighted by atomic mass is 32.2. The molecule has 2 aromatic rings. The molecule has 6 nitrogen and oxygen atoms in total. The van der Waals surface area contributed by atoms with Crippen LogP contribution >= 0.6 is 23.1 Å². The predicted molar refractivity (Wildman–Crippen MR) is 118 cm³/mol. The van der Waals surface area contributed by atoms with E-state index in [1.165, 1.54) is 28.7 Å². The summed E-state index contributed by atoms with van der Waals surface area (Å²) >= 11 is 3.00.